The van der Waals surface area contributed by atoms with E-state index in [0.717, 1.165) is 12.2 Å². The molecule has 1 aromatic carbocycles. The van der Waals surface area contributed by atoms with Gasteiger partial charge in [-0.1, -0.05) is 19.1 Å². The van der Waals surface area contributed by atoms with Crippen LogP contribution in [-0.2, 0) is 10.0 Å². The average Bonchev–Trinajstić information content (AvgIpc) is 2.89. The summed E-state index contributed by atoms with van der Waals surface area (Å²) in [6, 6.07) is 6.46. The lowest BCUT2D eigenvalue weighted by Crippen LogP contribution is -2.17. The molecule has 1 atom stereocenters. The Balaban J connectivity index is 2.33. The fourth-order valence-corrected chi connectivity index (χ4v) is 2.56. The third kappa shape index (κ3) is 3.12. The zero-order valence-corrected chi connectivity index (χ0v) is 11.3. The maximum Gasteiger partial charge on any atom is 0.240 e. The number of aromatic nitrogens is 2. The second-order valence-corrected chi connectivity index (χ2v) is 5.65. The average molecular weight is 280 g/mol. The number of para-hydroxylation sites is 1. The smallest absolute Gasteiger partial charge is 0.240 e. The van der Waals surface area contributed by atoms with Gasteiger partial charge in [0.25, 0.3) is 0 Å². The summed E-state index contributed by atoms with van der Waals surface area (Å²) >= 11 is 0. The number of benzene rings is 1. The van der Waals surface area contributed by atoms with Gasteiger partial charge in [-0.3, -0.25) is 0 Å². The van der Waals surface area contributed by atoms with Crippen molar-refractivity contribution in [2.45, 2.75) is 24.3 Å². The van der Waals surface area contributed by atoms with Gasteiger partial charge in [0.1, 0.15) is 10.7 Å². The molecule has 0 spiro atoms. The number of hydrogen-bond donors (Lipinski definition) is 3. The van der Waals surface area contributed by atoms with Crippen molar-refractivity contribution < 1.29 is 8.42 Å². The first kappa shape index (κ1) is 13.6. The Hall–Kier alpha value is -1.86. The van der Waals surface area contributed by atoms with Crippen LogP contribution in [0.3, 0.4) is 0 Å². The number of nitrogens with zero attached hydrogens (tertiary/aromatic N) is 1. The van der Waals surface area contributed by atoms with E-state index in [-0.39, 0.29) is 10.9 Å². The molecular weight excluding hydrogens is 264 g/mol. The molecule has 0 fully saturated rings. The number of aromatic amines is 1. The third-order valence-corrected chi connectivity index (χ3v) is 3.75. The molecule has 2 rings (SSSR count). The molecule has 0 aliphatic carbocycles. The number of H-pyrrole nitrogens is 1. The van der Waals surface area contributed by atoms with Gasteiger partial charge in [-0.25, -0.2) is 18.5 Å². The van der Waals surface area contributed by atoms with Crippen molar-refractivity contribution in [3.05, 3.63) is 42.5 Å². The lowest BCUT2D eigenvalue weighted by atomic mass is 10.2. The van der Waals surface area contributed by atoms with Gasteiger partial charge < -0.3 is 10.3 Å². The highest BCUT2D eigenvalue weighted by atomic mass is 32.2. The fraction of sp³-hybridized carbons (Fsp3) is 0.250. The summed E-state index contributed by atoms with van der Waals surface area (Å²) in [7, 11) is -3.75. The summed E-state index contributed by atoms with van der Waals surface area (Å²) in [5, 5.41) is 8.36. The van der Waals surface area contributed by atoms with Crippen LogP contribution in [0.25, 0.3) is 0 Å². The van der Waals surface area contributed by atoms with Crippen molar-refractivity contribution in [1.29, 1.82) is 0 Å². The Morgan fingerprint density at radius 2 is 2.16 bits per heavy atom. The van der Waals surface area contributed by atoms with E-state index >= 15 is 0 Å². The van der Waals surface area contributed by atoms with E-state index in [2.05, 4.69) is 15.3 Å². The topological polar surface area (TPSA) is 101 Å². The lowest BCUT2D eigenvalue weighted by molar-refractivity contribution is 0.597. The molecule has 4 N–H and O–H groups in total. The second-order valence-electron chi connectivity index (χ2n) is 4.12. The highest BCUT2D eigenvalue weighted by Gasteiger charge is 2.17. The lowest BCUT2D eigenvalue weighted by Gasteiger charge is -2.18. The van der Waals surface area contributed by atoms with Crippen LogP contribution in [0.2, 0.25) is 0 Å². The summed E-state index contributed by atoms with van der Waals surface area (Å²) in [5.41, 5.74) is 0.480. The maximum absolute atomic E-state index is 11.5. The molecule has 1 unspecified atom stereocenters. The van der Waals surface area contributed by atoms with Gasteiger partial charge in [0.2, 0.25) is 10.0 Å². The molecule has 19 heavy (non-hydrogen) atoms. The third-order valence-electron chi connectivity index (χ3n) is 2.78. The van der Waals surface area contributed by atoms with Crippen molar-refractivity contribution in [2.75, 3.05) is 5.32 Å². The van der Waals surface area contributed by atoms with E-state index in [4.69, 9.17) is 5.14 Å². The molecule has 0 saturated carbocycles. The molecule has 0 aliphatic heterocycles. The van der Waals surface area contributed by atoms with Crippen LogP contribution in [0.4, 0.5) is 5.69 Å². The monoisotopic (exact) mass is 280 g/mol. The van der Waals surface area contributed by atoms with Gasteiger partial charge in [-0.05, 0) is 18.6 Å². The van der Waals surface area contributed by atoms with Gasteiger partial charge >= 0.3 is 0 Å². The predicted octanol–water partition coefficient (Wildman–Crippen LogP) is 1.62. The van der Waals surface area contributed by atoms with E-state index in [1.54, 1.807) is 30.6 Å². The van der Waals surface area contributed by atoms with Crippen molar-refractivity contribution in [2.24, 2.45) is 5.14 Å². The number of sulfonamides is 1. The number of nitrogens with two attached hydrogens (primary N) is 1. The Kier molecular flexibility index (Phi) is 3.87. The Labute approximate surface area is 112 Å². The predicted molar refractivity (Wildman–Crippen MR) is 73.1 cm³/mol. The number of anilines is 1. The highest BCUT2D eigenvalue weighted by Crippen LogP contribution is 2.25. The van der Waals surface area contributed by atoms with Gasteiger partial charge in [0.15, 0.2) is 0 Å². The van der Waals surface area contributed by atoms with Crippen molar-refractivity contribution >= 4 is 15.7 Å². The van der Waals surface area contributed by atoms with Crippen molar-refractivity contribution in [3.8, 4) is 0 Å². The van der Waals surface area contributed by atoms with E-state index in [9.17, 15) is 8.42 Å². The summed E-state index contributed by atoms with van der Waals surface area (Å²) in [5.74, 6) is 0.756. The van der Waals surface area contributed by atoms with Crippen LogP contribution in [-0.4, -0.2) is 18.4 Å². The van der Waals surface area contributed by atoms with E-state index in [1.807, 2.05) is 6.92 Å². The van der Waals surface area contributed by atoms with Crippen LogP contribution < -0.4 is 10.5 Å². The van der Waals surface area contributed by atoms with E-state index in [0.29, 0.717) is 5.69 Å². The molecular formula is C12H16N4O2S. The van der Waals surface area contributed by atoms with Gasteiger partial charge in [-0.2, -0.15) is 0 Å². The highest BCUT2D eigenvalue weighted by molar-refractivity contribution is 7.89. The molecule has 0 amide bonds. The van der Waals surface area contributed by atoms with Crippen molar-refractivity contribution in [1.82, 2.24) is 9.97 Å². The summed E-state index contributed by atoms with van der Waals surface area (Å²) in [4.78, 5) is 7.27. The largest absolute Gasteiger partial charge is 0.374 e. The van der Waals surface area contributed by atoms with E-state index in [1.165, 1.54) is 6.07 Å². The molecule has 6 nitrogen and oxygen atoms in total. The molecule has 1 heterocycles. The molecule has 102 valence electrons. The molecule has 1 aromatic heterocycles. The number of hydrogen-bond acceptors (Lipinski definition) is 4. The normalized spacial score (nSPS) is 13.2. The number of primary sulfonamides is 1. The summed E-state index contributed by atoms with van der Waals surface area (Å²) in [6.07, 6.45) is 4.14. The minimum absolute atomic E-state index is 0.0833. The Morgan fingerprint density at radius 1 is 1.42 bits per heavy atom. The molecule has 0 bridgehead atoms. The first-order valence-electron chi connectivity index (χ1n) is 5.90. The van der Waals surface area contributed by atoms with Crippen LogP contribution in [0.5, 0.6) is 0 Å². The fourth-order valence-electron chi connectivity index (χ4n) is 1.85. The molecule has 2 aromatic rings. The van der Waals surface area contributed by atoms with Crippen LogP contribution in [0.15, 0.2) is 41.6 Å². The zero-order chi connectivity index (χ0) is 13.9. The number of nitrogens with one attached hydrogen (secondary N) is 2. The van der Waals surface area contributed by atoms with Gasteiger partial charge in [-0.15, -0.1) is 0 Å². The summed E-state index contributed by atoms with van der Waals surface area (Å²) < 4.78 is 23.0. The molecule has 0 radical (unpaired) electrons. The van der Waals surface area contributed by atoms with Crippen LogP contribution in [0, 0.1) is 0 Å². The number of imidazole rings is 1. The molecule has 0 saturated heterocycles. The standard InChI is InChI=1S/C12H16N4O2S/c1-2-9(12-14-7-8-15-12)16-10-5-3-4-6-11(10)19(13,17)18/h3-9,16H,2H2,1H3,(H,14,15)(H2,13,17,18). The minimum Gasteiger partial charge on any atom is -0.374 e. The van der Waals surface area contributed by atoms with Crippen molar-refractivity contribution in [3.63, 3.8) is 0 Å². The number of rotatable bonds is 5. The van der Waals surface area contributed by atoms with Gasteiger partial charge in [0.05, 0.1) is 11.7 Å². The van der Waals surface area contributed by atoms with Crippen LogP contribution >= 0.6 is 0 Å². The summed E-state index contributed by atoms with van der Waals surface area (Å²) in [6.45, 7) is 1.99. The molecule has 7 heteroatoms. The minimum atomic E-state index is -3.75. The Morgan fingerprint density at radius 3 is 2.74 bits per heavy atom. The van der Waals surface area contributed by atoms with Gasteiger partial charge in [0, 0.05) is 12.4 Å². The first-order valence-corrected chi connectivity index (χ1v) is 7.44. The molecule has 0 aliphatic rings. The SMILES string of the molecule is CCC(Nc1ccccc1S(N)(=O)=O)c1ncc[nH]1. The zero-order valence-electron chi connectivity index (χ0n) is 10.5. The quantitative estimate of drug-likeness (QED) is 0.774. The first-order chi connectivity index (χ1) is 9.02. The van der Waals surface area contributed by atoms with E-state index < -0.39 is 10.0 Å². The second kappa shape index (κ2) is 5.41. The van der Waals surface area contributed by atoms with Crippen LogP contribution in [0.1, 0.15) is 25.2 Å². The maximum atomic E-state index is 11.5. The Bertz CT molecular complexity index is 638.